The number of hydrogen-bond acceptors (Lipinski definition) is 6. The Labute approximate surface area is 253 Å². The van der Waals surface area contributed by atoms with E-state index in [9.17, 15) is 13.6 Å². The number of nitrogens with one attached hydrogen (secondary N) is 2. The third-order valence-electron chi connectivity index (χ3n) is 9.53. The topological polar surface area (TPSA) is 96.7 Å². The number of fused-ring (bicyclic) bond motifs is 1. The number of piperidine rings is 1. The van der Waals surface area contributed by atoms with Crippen LogP contribution in [0.1, 0.15) is 69.5 Å². The van der Waals surface area contributed by atoms with Gasteiger partial charge in [0.05, 0.1) is 10.4 Å². The van der Waals surface area contributed by atoms with E-state index in [1.165, 1.54) is 17.4 Å². The van der Waals surface area contributed by atoms with Crippen molar-refractivity contribution in [2.45, 2.75) is 76.3 Å². The Morgan fingerprint density at radius 2 is 1.93 bits per heavy atom. The molecular formula is C31H37ClF2N8O. The van der Waals surface area contributed by atoms with E-state index in [4.69, 9.17) is 16.6 Å². The molecule has 12 heteroatoms. The number of H-pyrrole nitrogens is 1. The van der Waals surface area contributed by atoms with Gasteiger partial charge in [0.1, 0.15) is 29.3 Å². The number of aryl methyl sites for hydroxylation is 1. The van der Waals surface area contributed by atoms with Crippen LogP contribution in [0.15, 0.2) is 35.5 Å². The van der Waals surface area contributed by atoms with E-state index in [2.05, 4.69) is 39.2 Å². The van der Waals surface area contributed by atoms with Crippen LogP contribution in [0.5, 0.6) is 0 Å². The molecule has 3 aliphatic rings. The molecule has 228 valence electrons. The minimum Gasteiger partial charge on any atom is -0.367 e. The number of aromatic nitrogens is 6. The zero-order chi connectivity index (χ0) is 30.1. The number of rotatable bonds is 7. The first kappa shape index (κ1) is 28.5. The second kappa shape index (κ2) is 10.4. The first-order valence-corrected chi connectivity index (χ1v) is 15.5. The van der Waals surface area contributed by atoms with Gasteiger partial charge in [0.2, 0.25) is 0 Å². The molecule has 0 bridgehead atoms. The van der Waals surface area contributed by atoms with Crippen molar-refractivity contribution in [1.82, 2.24) is 34.2 Å². The fraction of sp³-hybridized carbons (Fsp3) is 0.548. The van der Waals surface area contributed by atoms with E-state index in [1.54, 1.807) is 12.5 Å². The summed E-state index contributed by atoms with van der Waals surface area (Å²) in [4.78, 5) is 24.5. The van der Waals surface area contributed by atoms with Gasteiger partial charge in [0, 0.05) is 56.3 Å². The summed E-state index contributed by atoms with van der Waals surface area (Å²) in [5.74, 6) is 0.0870. The van der Waals surface area contributed by atoms with Gasteiger partial charge in [0.25, 0.3) is 11.5 Å². The van der Waals surface area contributed by atoms with Crippen LogP contribution in [-0.4, -0.2) is 59.3 Å². The van der Waals surface area contributed by atoms with Gasteiger partial charge in [-0.05, 0) is 67.8 Å². The summed E-state index contributed by atoms with van der Waals surface area (Å²) in [6.07, 6.45) is 6.88. The van der Waals surface area contributed by atoms with Crippen molar-refractivity contribution in [3.63, 3.8) is 0 Å². The maximum atomic E-state index is 14.0. The molecule has 4 aromatic rings. The molecule has 0 unspecified atom stereocenters. The molecule has 0 aromatic carbocycles. The van der Waals surface area contributed by atoms with Gasteiger partial charge >= 0.3 is 0 Å². The monoisotopic (exact) mass is 610 g/mol. The Morgan fingerprint density at radius 3 is 2.60 bits per heavy atom. The van der Waals surface area contributed by atoms with Crippen molar-refractivity contribution in [3.8, 4) is 5.82 Å². The zero-order valence-corrected chi connectivity index (χ0v) is 25.5. The smallest absolute Gasteiger partial charge is 0.280 e. The van der Waals surface area contributed by atoms with E-state index in [0.29, 0.717) is 39.4 Å². The highest BCUT2D eigenvalue weighted by molar-refractivity contribution is 6.35. The summed E-state index contributed by atoms with van der Waals surface area (Å²) in [5, 5.41) is 12.9. The van der Waals surface area contributed by atoms with E-state index in [1.807, 2.05) is 29.8 Å². The van der Waals surface area contributed by atoms with Gasteiger partial charge < -0.3 is 14.9 Å². The summed E-state index contributed by atoms with van der Waals surface area (Å²) in [6.45, 7) is 7.24. The molecule has 43 heavy (non-hydrogen) atoms. The number of nitrogens with zero attached hydrogens (tertiary/aromatic N) is 6. The standard InChI is InChI=1S/C31H37ClF2N8O/c1-18-5-4-6-41(14-18)15-21-9-23-24(32)16-42(28(43)27(23)37-21)26-8-20(7-25(38-26)36-22-12-31(33,34)13-22)30(10-19(2)11-30)29-39-35-17-40(29)3/h7-9,16-19,22,37H,4-6,10-15H2,1-3H3,(H,36,38)/t18-,19?,30?/m0/s1. The summed E-state index contributed by atoms with van der Waals surface area (Å²) in [7, 11) is 1.92. The van der Waals surface area contributed by atoms with Gasteiger partial charge in [-0.2, -0.15) is 0 Å². The minimum atomic E-state index is -2.67. The second-order valence-corrected chi connectivity index (χ2v) is 13.7. The highest BCUT2D eigenvalue weighted by Crippen LogP contribution is 2.52. The molecule has 4 aromatic heterocycles. The molecule has 0 spiro atoms. The first-order chi connectivity index (χ1) is 20.5. The zero-order valence-electron chi connectivity index (χ0n) is 24.7. The van der Waals surface area contributed by atoms with E-state index < -0.39 is 17.4 Å². The molecule has 0 radical (unpaired) electrons. The Hall–Kier alpha value is -3.31. The lowest BCUT2D eigenvalue weighted by Gasteiger charge is -2.46. The van der Waals surface area contributed by atoms with E-state index in [-0.39, 0.29) is 18.4 Å². The molecule has 2 aliphatic carbocycles. The predicted molar refractivity (Wildman–Crippen MR) is 162 cm³/mol. The number of halogens is 3. The molecular weight excluding hydrogens is 574 g/mol. The molecule has 0 amide bonds. The van der Waals surface area contributed by atoms with Crippen LogP contribution in [0.4, 0.5) is 14.6 Å². The number of likely N-dealkylation sites (tertiary alicyclic amines) is 1. The number of alkyl halides is 2. The quantitative estimate of drug-likeness (QED) is 0.281. The summed E-state index contributed by atoms with van der Waals surface area (Å²) < 4.78 is 30.8. The van der Waals surface area contributed by atoms with Crippen molar-refractivity contribution in [2.75, 3.05) is 18.4 Å². The van der Waals surface area contributed by atoms with Crippen molar-refractivity contribution in [3.05, 3.63) is 63.2 Å². The van der Waals surface area contributed by atoms with Crippen LogP contribution >= 0.6 is 11.6 Å². The highest BCUT2D eigenvalue weighted by atomic mass is 35.5. The lowest BCUT2D eigenvalue weighted by atomic mass is 9.58. The number of aromatic amines is 1. The molecule has 1 saturated heterocycles. The maximum absolute atomic E-state index is 14.0. The Balaban J connectivity index is 1.31. The average molecular weight is 611 g/mol. The minimum absolute atomic E-state index is 0.252. The summed E-state index contributed by atoms with van der Waals surface area (Å²) in [5.41, 5.74) is 1.58. The predicted octanol–water partition coefficient (Wildman–Crippen LogP) is 5.65. The SMILES string of the molecule is CC1CC(c2cc(NC3CC(F)(F)C3)nc(-n3cc(Cl)c4cc(CN5CCC[C@H](C)C5)[nH]c4c3=O)c2)(c2nncn2C)C1. The largest absolute Gasteiger partial charge is 0.367 e. The molecule has 7 rings (SSSR count). The average Bonchev–Trinajstić information content (AvgIpc) is 3.54. The number of anilines is 1. The number of hydrogen-bond donors (Lipinski definition) is 2. The lowest BCUT2D eigenvalue weighted by molar-refractivity contribution is -0.0794. The Bertz CT molecular complexity index is 1730. The maximum Gasteiger partial charge on any atom is 0.280 e. The summed E-state index contributed by atoms with van der Waals surface area (Å²) >= 11 is 6.80. The number of pyridine rings is 2. The van der Waals surface area contributed by atoms with Crippen molar-refractivity contribution in [1.29, 1.82) is 0 Å². The molecule has 2 saturated carbocycles. The molecule has 5 heterocycles. The van der Waals surface area contributed by atoms with Gasteiger partial charge in [-0.3, -0.25) is 14.3 Å². The lowest BCUT2D eigenvalue weighted by Crippen LogP contribution is -2.45. The molecule has 9 nitrogen and oxygen atoms in total. The van der Waals surface area contributed by atoms with E-state index in [0.717, 1.165) is 49.6 Å². The van der Waals surface area contributed by atoms with Crippen molar-refractivity contribution < 1.29 is 8.78 Å². The van der Waals surface area contributed by atoms with Crippen LogP contribution in [0.2, 0.25) is 5.02 Å². The molecule has 1 atom stereocenters. The fourth-order valence-corrected chi connectivity index (χ4v) is 7.76. The van der Waals surface area contributed by atoms with Crippen LogP contribution in [0.25, 0.3) is 16.7 Å². The third kappa shape index (κ3) is 5.14. The second-order valence-electron chi connectivity index (χ2n) is 13.3. The van der Waals surface area contributed by atoms with Crippen LogP contribution in [0, 0.1) is 11.8 Å². The van der Waals surface area contributed by atoms with Gasteiger partial charge in [0.15, 0.2) is 0 Å². The Morgan fingerprint density at radius 1 is 1.14 bits per heavy atom. The first-order valence-electron chi connectivity index (χ1n) is 15.2. The molecule has 1 aliphatic heterocycles. The van der Waals surface area contributed by atoms with Gasteiger partial charge in [-0.25, -0.2) is 13.8 Å². The van der Waals surface area contributed by atoms with Crippen molar-refractivity contribution >= 4 is 28.3 Å². The van der Waals surface area contributed by atoms with Gasteiger partial charge in [-0.1, -0.05) is 25.4 Å². The molecule has 2 N–H and O–H groups in total. The highest BCUT2D eigenvalue weighted by Gasteiger charge is 2.49. The third-order valence-corrected chi connectivity index (χ3v) is 9.83. The Kier molecular flexibility index (Phi) is 6.88. The fourth-order valence-electron chi connectivity index (χ4n) is 7.51. The summed E-state index contributed by atoms with van der Waals surface area (Å²) in [6, 6.07) is 5.39. The normalized spacial score (nSPS) is 25.9. The van der Waals surface area contributed by atoms with Crippen LogP contribution in [-0.2, 0) is 19.0 Å². The van der Waals surface area contributed by atoms with E-state index >= 15 is 0 Å². The van der Waals surface area contributed by atoms with Crippen LogP contribution in [0.3, 0.4) is 0 Å². The van der Waals surface area contributed by atoms with Crippen molar-refractivity contribution in [2.24, 2.45) is 18.9 Å². The van der Waals surface area contributed by atoms with Crippen LogP contribution < -0.4 is 10.9 Å². The van der Waals surface area contributed by atoms with Gasteiger partial charge in [-0.15, -0.1) is 10.2 Å². The molecule has 3 fully saturated rings.